The van der Waals surface area contributed by atoms with Crippen LogP contribution in [0.5, 0.6) is 0 Å². The molecule has 8 heteroatoms. The summed E-state index contributed by atoms with van der Waals surface area (Å²) >= 11 is 0. The number of cyclic esters (lactones) is 1. The van der Waals surface area contributed by atoms with Crippen LogP contribution in [-0.2, 0) is 30.2 Å². The Labute approximate surface area is 174 Å². The molecule has 30 heavy (non-hydrogen) atoms. The Balaban J connectivity index is 1.76. The lowest BCUT2D eigenvalue weighted by Gasteiger charge is -2.30. The van der Waals surface area contributed by atoms with Crippen LogP contribution in [-0.4, -0.2) is 66.4 Å². The van der Waals surface area contributed by atoms with Crippen molar-refractivity contribution in [3.63, 3.8) is 0 Å². The van der Waals surface area contributed by atoms with Gasteiger partial charge in [0.2, 0.25) is 0 Å². The van der Waals surface area contributed by atoms with Gasteiger partial charge in [-0.1, -0.05) is 30.3 Å². The maximum Gasteiger partial charge on any atom is 0.417 e. The normalized spacial score (nSPS) is 23.4. The molecule has 1 saturated heterocycles. The molecule has 0 aromatic heterocycles. The van der Waals surface area contributed by atoms with E-state index >= 15 is 0 Å². The van der Waals surface area contributed by atoms with Gasteiger partial charge in [-0.2, -0.15) is 0 Å². The third-order valence-corrected chi connectivity index (χ3v) is 4.95. The number of ketones is 1. The zero-order chi connectivity index (χ0) is 21.5. The van der Waals surface area contributed by atoms with Crippen LogP contribution < -0.4 is 0 Å². The lowest BCUT2D eigenvalue weighted by molar-refractivity contribution is -0.153. The molecule has 160 valence electrons. The number of rotatable bonds is 8. The Morgan fingerprint density at radius 1 is 1.30 bits per heavy atom. The molecular weight excluding hydrogens is 390 g/mol. The van der Waals surface area contributed by atoms with Crippen molar-refractivity contribution in [1.82, 2.24) is 4.90 Å². The van der Waals surface area contributed by atoms with Crippen LogP contribution in [0, 0.1) is 0 Å². The van der Waals surface area contributed by atoms with E-state index in [1.807, 2.05) is 30.3 Å². The minimum atomic E-state index is -1.30. The maximum absolute atomic E-state index is 13.2. The smallest absolute Gasteiger partial charge is 0.417 e. The van der Waals surface area contributed by atoms with Crippen LogP contribution in [0.15, 0.2) is 54.3 Å². The Morgan fingerprint density at radius 2 is 2.07 bits per heavy atom. The molecule has 1 N–H and O–H groups in total. The number of carbonyl (C=O) groups excluding carboxylic acids is 3. The van der Waals surface area contributed by atoms with Crippen LogP contribution in [0.3, 0.4) is 0 Å². The number of imide groups is 1. The Kier molecular flexibility index (Phi) is 7.37. The summed E-state index contributed by atoms with van der Waals surface area (Å²) in [7, 11) is 1.29. The fraction of sp³-hybridized carbons (Fsp3) is 0.409. The molecule has 8 nitrogen and oxygen atoms in total. The molecule has 0 bridgehead atoms. The zero-order valence-electron chi connectivity index (χ0n) is 16.7. The number of allylic oxidation sites excluding steroid dienone is 2. The van der Waals surface area contributed by atoms with Gasteiger partial charge in [0.1, 0.15) is 12.4 Å². The number of aliphatic hydroxyl groups excluding tert-OH is 1. The van der Waals surface area contributed by atoms with Crippen LogP contribution >= 0.6 is 0 Å². The van der Waals surface area contributed by atoms with Gasteiger partial charge < -0.3 is 19.3 Å². The number of carbonyl (C=O) groups is 3. The molecule has 0 aliphatic carbocycles. The minimum absolute atomic E-state index is 0.0366. The van der Waals surface area contributed by atoms with Gasteiger partial charge >= 0.3 is 6.09 Å². The summed E-state index contributed by atoms with van der Waals surface area (Å²) in [6.45, 7) is 0.108. The van der Waals surface area contributed by atoms with Gasteiger partial charge in [-0.15, -0.1) is 0 Å². The van der Waals surface area contributed by atoms with E-state index in [0.717, 1.165) is 10.5 Å². The molecule has 0 saturated carbocycles. The van der Waals surface area contributed by atoms with Gasteiger partial charge in [-0.05, 0) is 43.1 Å². The molecule has 1 aromatic rings. The topological polar surface area (TPSA) is 102 Å². The van der Waals surface area contributed by atoms with E-state index in [4.69, 9.17) is 19.3 Å². The van der Waals surface area contributed by atoms with Gasteiger partial charge in [0.25, 0.3) is 5.91 Å². The molecule has 3 rings (SSSR count). The average molecular weight is 415 g/mol. The summed E-state index contributed by atoms with van der Waals surface area (Å²) in [5.74, 6) is -0.696. The van der Waals surface area contributed by atoms with Gasteiger partial charge in [-0.25, -0.2) is 9.69 Å². The van der Waals surface area contributed by atoms with E-state index in [0.29, 0.717) is 25.0 Å². The highest BCUT2D eigenvalue weighted by molar-refractivity contribution is 6.03. The van der Waals surface area contributed by atoms with Crippen LogP contribution in [0.25, 0.3) is 0 Å². The highest BCUT2D eigenvalue weighted by Crippen LogP contribution is 2.24. The van der Waals surface area contributed by atoms with Crippen LogP contribution in [0.1, 0.15) is 18.4 Å². The summed E-state index contributed by atoms with van der Waals surface area (Å²) in [5, 5.41) is 8.91. The second-order valence-corrected chi connectivity index (χ2v) is 7.03. The molecule has 2 aliphatic rings. The molecule has 3 atom stereocenters. The van der Waals surface area contributed by atoms with Crippen LogP contribution in [0.2, 0.25) is 0 Å². The lowest BCUT2D eigenvalue weighted by atomic mass is 10.0. The number of methoxy groups -OCH3 is 1. The van der Waals surface area contributed by atoms with Crippen molar-refractivity contribution in [1.29, 1.82) is 0 Å². The van der Waals surface area contributed by atoms with Gasteiger partial charge in [0, 0.05) is 13.7 Å². The van der Waals surface area contributed by atoms with Crippen molar-refractivity contribution >= 4 is 17.8 Å². The number of ether oxygens (including phenoxy) is 3. The Bertz CT molecular complexity index is 833. The lowest BCUT2D eigenvalue weighted by Crippen LogP contribution is -2.53. The standard InChI is InChI=1S/C22H25NO7/c1-28-20(19-18(25)11-10-17(30-19)9-5-6-12-24)21(26)23-16(14-29-22(23)27)13-15-7-3-2-4-8-15/h2-4,7-11,16,19-20,24H,5-6,12-14H2,1H3/t16-,19+,20-/m1/s1. The molecule has 2 aliphatic heterocycles. The Hall–Kier alpha value is -2.97. The quantitative estimate of drug-likeness (QED) is 0.646. The number of hydrogen-bond donors (Lipinski definition) is 1. The first-order chi connectivity index (χ1) is 14.5. The predicted molar refractivity (Wildman–Crippen MR) is 106 cm³/mol. The fourth-order valence-electron chi connectivity index (χ4n) is 3.42. The second-order valence-electron chi connectivity index (χ2n) is 7.03. The number of amides is 2. The summed E-state index contributed by atoms with van der Waals surface area (Å²) in [4.78, 5) is 38.9. The molecule has 0 unspecified atom stereocenters. The monoisotopic (exact) mass is 415 g/mol. The van der Waals surface area contributed by atoms with Gasteiger partial charge in [0.15, 0.2) is 18.0 Å². The summed E-state index contributed by atoms with van der Waals surface area (Å²) in [6.07, 6.45) is 2.82. The second kappa shape index (κ2) is 10.2. The highest BCUT2D eigenvalue weighted by Gasteiger charge is 2.46. The summed E-state index contributed by atoms with van der Waals surface area (Å²) < 4.78 is 16.1. The van der Waals surface area contributed by atoms with Crippen molar-refractivity contribution in [2.45, 2.75) is 37.5 Å². The van der Waals surface area contributed by atoms with E-state index in [1.165, 1.54) is 19.3 Å². The first kappa shape index (κ1) is 21.7. The van der Waals surface area contributed by atoms with Gasteiger partial charge in [-0.3, -0.25) is 9.59 Å². The van der Waals surface area contributed by atoms with Gasteiger partial charge in [0.05, 0.1) is 6.04 Å². The van der Waals surface area contributed by atoms with E-state index < -0.39 is 36.0 Å². The van der Waals surface area contributed by atoms with E-state index in [1.54, 1.807) is 6.08 Å². The van der Waals surface area contributed by atoms with Crippen molar-refractivity contribution in [2.75, 3.05) is 20.3 Å². The van der Waals surface area contributed by atoms with E-state index in [2.05, 4.69) is 0 Å². The first-order valence-corrected chi connectivity index (χ1v) is 9.81. The molecule has 1 fully saturated rings. The highest BCUT2D eigenvalue weighted by atomic mass is 16.6. The summed E-state index contributed by atoms with van der Waals surface area (Å²) in [5.41, 5.74) is 0.953. The minimum Gasteiger partial charge on any atom is -0.479 e. The third kappa shape index (κ3) is 4.95. The molecule has 0 spiro atoms. The SMILES string of the molecule is CO[C@@H](C(=O)N1C(=O)OC[C@H]1Cc1ccccc1)[C@H]1OC(=CCCCO)C=CC1=O. The number of nitrogens with zero attached hydrogens (tertiary/aromatic N) is 1. The average Bonchev–Trinajstić information content (AvgIpc) is 3.11. The molecular formula is C22H25NO7. The van der Waals surface area contributed by atoms with Crippen molar-refractivity contribution in [2.24, 2.45) is 0 Å². The Morgan fingerprint density at radius 3 is 2.77 bits per heavy atom. The van der Waals surface area contributed by atoms with Crippen molar-refractivity contribution in [3.8, 4) is 0 Å². The number of hydrogen-bond acceptors (Lipinski definition) is 7. The van der Waals surface area contributed by atoms with E-state index in [-0.39, 0.29) is 13.2 Å². The largest absolute Gasteiger partial charge is 0.479 e. The first-order valence-electron chi connectivity index (χ1n) is 9.81. The predicted octanol–water partition coefficient (Wildman–Crippen LogP) is 1.77. The number of benzene rings is 1. The molecule has 2 amide bonds. The number of aliphatic hydroxyl groups is 1. The van der Waals surface area contributed by atoms with E-state index in [9.17, 15) is 14.4 Å². The number of unbranched alkanes of at least 4 members (excludes halogenated alkanes) is 1. The molecule has 1 aromatic carbocycles. The fourth-order valence-corrected chi connectivity index (χ4v) is 3.42. The third-order valence-electron chi connectivity index (χ3n) is 4.95. The zero-order valence-corrected chi connectivity index (χ0v) is 16.7. The van der Waals surface area contributed by atoms with Crippen molar-refractivity contribution < 1.29 is 33.7 Å². The maximum atomic E-state index is 13.2. The molecule has 2 heterocycles. The van der Waals surface area contributed by atoms with Crippen molar-refractivity contribution in [3.05, 3.63) is 59.9 Å². The van der Waals surface area contributed by atoms with Crippen LogP contribution in [0.4, 0.5) is 4.79 Å². The summed E-state index contributed by atoms with van der Waals surface area (Å²) in [6, 6.07) is 8.95. The molecule has 0 radical (unpaired) electrons.